The van der Waals surface area contributed by atoms with E-state index in [9.17, 15) is 0 Å². The van der Waals surface area contributed by atoms with Crippen molar-refractivity contribution >= 4 is 34.9 Å². The molecule has 1 saturated heterocycles. The van der Waals surface area contributed by atoms with Crippen LogP contribution in [0.25, 0.3) is 0 Å². The number of rotatable bonds is 4. The van der Waals surface area contributed by atoms with Crippen LogP contribution in [0, 0.1) is 0 Å². The molecule has 0 spiro atoms. The molecule has 1 aromatic rings. The summed E-state index contributed by atoms with van der Waals surface area (Å²) in [6, 6.07) is 0.429. The van der Waals surface area contributed by atoms with Gasteiger partial charge < -0.3 is 5.32 Å². The van der Waals surface area contributed by atoms with E-state index in [1.54, 1.807) is 0 Å². The van der Waals surface area contributed by atoms with E-state index in [4.69, 9.17) is 0 Å². The maximum Gasteiger partial charge on any atom is 0.107 e. The van der Waals surface area contributed by atoms with Crippen molar-refractivity contribution in [3.05, 3.63) is 16.1 Å². The van der Waals surface area contributed by atoms with E-state index in [2.05, 4.69) is 67.7 Å². The van der Waals surface area contributed by atoms with E-state index in [0.29, 0.717) is 11.3 Å². The molecule has 2 rings (SSSR count). The van der Waals surface area contributed by atoms with Crippen LogP contribution in [-0.4, -0.2) is 27.8 Å². The lowest BCUT2D eigenvalue weighted by Crippen LogP contribution is -2.21. The van der Waals surface area contributed by atoms with E-state index in [1.807, 2.05) is 11.3 Å². The number of aromatic nitrogens is 1. The minimum absolute atomic E-state index is 0.429. The van der Waals surface area contributed by atoms with E-state index in [-0.39, 0.29) is 0 Å². The first-order chi connectivity index (χ1) is 8.61. The summed E-state index contributed by atoms with van der Waals surface area (Å²) in [7, 11) is 0. The minimum atomic E-state index is 0.429. The van der Waals surface area contributed by atoms with Gasteiger partial charge in [-0.05, 0) is 13.5 Å². The smallest absolute Gasteiger partial charge is 0.107 e. The topological polar surface area (TPSA) is 24.9 Å². The molecule has 0 aromatic carbocycles. The molecule has 18 heavy (non-hydrogen) atoms. The van der Waals surface area contributed by atoms with E-state index < -0.39 is 0 Å². The Kier molecular flexibility index (Phi) is 5.42. The fourth-order valence-electron chi connectivity index (χ4n) is 1.97. The quantitative estimate of drug-likeness (QED) is 0.904. The Labute approximate surface area is 123 Å². The molecule has 1 aliphatic heterocycles. The molecule has 1 aliphatic rings. The van der Waals surface area contributed by atoms with Gasteiger partial charge in [0, 0.05) is 33.4 Å². The Balaban J connectivity index is 2.01. The van der Waals surface area contributed by atoms with Crippen molar-refractivity contribution in [1.82, 2.24) is 10.3 Å². The van der Waals surface area contributed by atoms with Gasteiger partial charge in [0.15, 0.2) is 0 Å². The van der Waals surface area contributed by atoms with Crippen LogP contribution in [0.15, 0.2) is 6.20 Å². The van der Waals surface area contributed by atoms with Gasteiger partial charge in [-0.15, -0.1) is 23.1 Å². The highest BCUT2D eigenvalue weighted by molar-refractivity contribution is 8.07. The molecule has 0 amide bonds. The van der Waals surface area contributed by atoms with Crippen molar-refractivity contribution in [2.24, 2.45) is 0 Å². The van der Waals surface area contributed by atoms with Crippen molar-refractivity contribution < 1.29 is 0 Å². The summed E-state index contributed by atoms with van der Waals surface area (Å²) < 4.78 is 0. The molecular formula is C13H22N2S3. The summed E-state index contributed by atoms with van der Waals surface area (Å²) >= 11 is 6.06. The Bertz CT molecular complexity index is 380. The normalized spacial score (nSPS) is 30.3. The lowest BCUT2D eigenvalue weighted by Gasteiger charge is -2.30. The molecule has 1 fully saturated rings. The molecule has 0 radical (unpaired) electrons. The second-order valence-electron chi connectivity index (χ2n) is 4.75. The van der Waals surface area contributed by atoms with Crippen LogP contribution in [-0.2, 0) is 0 Å². The molecule has 0 bridgehead atoms. The van der Waals surface area contributed by atoms with Crippen LogP contribution in [0.2, 0.25) is 0 Å². The Morgan fingerprint density at radius 3 is 2.89 bits per heavy atom. The third kappa shape index (κ3) is 3.44. The van der Waals surface area contributed by atoms with Gasteiger partial charge in [-0.25, -0.2) is 4.98 Å². The monoisotopic (exact) mass is 302 g/mol. The third-order valence-corrected chi connectivity index (χ3v) is 8.15. The molecule has 102 valence electrons. The molecule has 1 N–H and O–H groups in total. The lowest BCUT2D eigenvalue weighted by atomic mass is 10.3. The fraction of sp³-hybridized carbons (Fsp3) is 0.769. The summed E-state index contributed by atoms with van der Waals surface area (Å²) in [6.07, 6.45) is 2.06. The Morgan fingerprint density at radius 1 is 1.44 bits per heavy atom. The molecule has 1 aromatic heterocycles. The number of nitrogens with one attached hydrogen (secondary N) is 1. The van der Waals surface area contributed by atoms with Gasteiger partial charge in [-0.3, -0.25) is 0 Å². The highest BCUT2D eigenvalue weighted by Crippen LogP contribution is 2.45. The third-order valence-electron chi connectivity index (χ3n) is 3.30. The SMILES string of the molecule is CCNC(C)c1cnc(C2CSC(C)C(C)S2)s1. The Morgan fingerprint density at radius 2 is 2.22 bits per heavy atom. The number of hydrogen-bond acceptors (Lipinski definition) is 5. The number of hydrogen-bond donors (Lipinski definition) is 1. The molecule has 4 atom stereocenters. The fourth-order valence-corrected chi connectivity index (χ4v) is 6.12. The molecule has 2 heterocycles. The van der Waals surface area contributed by atoms with E-state index >= 15 is 0 Å². The van der Waals surface area contributed by atoms with Gasteiger partial charge >= 0.3 is 0 Å². The first-order valence-corrected chi connectivity index (χ1v) is 9.38. The van der Waals surface area contributed by atoms with Gasteiger partial charge in [-0.2, -0.15) is 11.8 Å². The predicted octanol–water partition coefficient (Wildman–Crippen LogP) is 4.11. The van der Waals surface area contributed by atoms with Crippen molar-refractivity contribution in [3.63, 3.8) is 0 Å². The summed E-state index contributed by atoms with van der Waals surface area (Å²) in [5.74, 6) is 1.21. The first-order valence-electron chi connectivity index (χ1n) is 6.57. The maximum atomic E-state index is 4.65. The lowest BCUT2D eigenvalue weighted by molar-refractivity contribution is 0.606. The van der Waals surface area contributed by atoms with Crippen LogP contribution < -0.4 is 5.32 Å². The maximum absolute atomic E-state index is 4.65. The average molecular weight is 303 g/mol. The second-order valence-corrected chi connectivity index (χ2v) is 8.84. The zero-order valence-corrected chi connectivity index (χ0v) is 13.9. The first kappa shape index (κ1) is 14.7. The van der Waals surface area contributed by atoms with Gasteiger partial charge in [0.05, 0.1) is 5.25 Å². The van der Waals surface area contributed by atoms with Gasteiger partial charge in [0.25, 0.3) is 0 Å². The van der Waals surface area contributed by atoms with Crippen LogP contribution >= 0.6 is 34.9 Å². The molecule has 2 nitrogen and oxygen atoms in total. The summed E-state index contributed by atoms with van der Waals surface area (Å²) in [5, 5.41) is 6.85. The summed E-state index contributed by atoms with van der Waals surface area (Å²) in [6.45, 7) is 10.0. The minimum Gasteiger partial charge on any atom is -0.310 e. The highest BCUT2D eigenvalue weighted by Gasteiger charge is 2.28. The van der Waals surface area contributed by atoms with Gasteiger partial charge in [0.2, 0.25) is 0 Å². The Hall–Kier alpha value is 0.290. The van der Waals surface area contributed by atoms with Crippen molar-refractivity contribution in [2.75, 3.05) is 12.3 Å². The largest absolute Gasteiger partial charge is 0.310 e. The van der Waals surface area contributed by atoms with Crippen LogP contribution in [0.3, 0.4) is 0 Å². The van der Waals surface area contributed by atoms with Crippen LogP contribution in [0.5, 0.6) is 0 Å². The average Bonchev–Trinajstić information content (AvgIpc) is 2.82. The molecule has 4 unspecified atom stereocenters. The van der Waals surface area contributed by atoms with E-state index in [0.717, 1.165) is 17.0 Å². The van der Waals surface area contributed by atoms with Crippen molar-refractivity contribution in [3.8, 4) is 0 Å². The standard InChI is InChI=1S/C13H22N2S3/c1-5-14-8(2)11-6-15-13(18-11)12-7-16-9(3)10(4)17-12/h6,8-10,12,14H,5,7H2,1-4H3. The molecule has 5 heteroatoms. The number of thioether (sulfide) groups is 2. The van der Waals surface area contributed by atoms with Gasteiger partial charge in [-0.1, -0.05) is 20.8 Å². The van der Waals surface area contributed by atoms with E-state index in [1.165, 1.54) is 15.6 Å². The molecule has 0 saturated carbocycles. The van der Waals surface area contributed by atoms with Crippen LogP contribution in [0.1, 0.15) is 48.9 Å². The predicted molar refractivity (Wildman–Crippen MR) is 85.9 cm³/mol. The zero-order chi connectivity index (χ0) is 13.1. The highest BCUT2D eigenvalue weighted by atomic mass is 32.2. The molecular weight excluding hydrogens is 280 g/mol. The second kappa shape index (κ2) is 6.64. The summed E-state index contributed by atoms with van der Waals surface area (Å²) in [4.78, 5) is 6.01. The summed E-state index contributed by atoms with van der Waals surface area (Å²) in [5.41, 5.74) is 0. The van der Waals surface area contributed by atoms with Gasteiger partial charge in [0.1, 0.15) is 5.01 Å². The number of thiazole rings is 1. The van der Waals surface area contributed by atoms with Crippen molar-refractivity contribution in [2.45, 2.75) is 49.5 Å². The van der Waals surface area contributed by atoms with Crippen molar-refractivity contribution in [1.29, 1.82) is 0 Å². The molecule has 0 aliphatic carbocycles. The van der Waals surface area contributed by atoms with Crippen LogP contribution in [0.4, 0.5) is 0 Å². The zero-order valence-electron chi connectivity index (χ0n) is 11.5. The number of nitrogens with zero attached hydrogens (tertiary/aromatic N) is 1.